The molecule has 1 heterocycles. The highest BCUT2D eigenvalue weighted by Crippen LogP contribution is 2.17. The number of nitrogens with zero attached hydrogens (tertiary/aromatic N) is 1. The van der Waals surface area contributed by atoms with E-state index in [-0.39, 0.29) is 29.9 Å². The third-order valence-corrected chi connectivity index (χ3v) is 4.60. The molecule has 29 heavy (non-hydrogen) atoms. The Bertz CT molecular complexity index is 949. The van der Waals surface area contributed by atoms with E-state index in [0.717, 1.165) is 30.0 Å². The molecule has 3 aromatic rings. The van der Waals surface area contributed by atoms with Gasteiger partial charge in [0.15, 0.2) is 5.96 Å². The van der Waals surface area contributed by atoms with Crippen LogP contribution in [0.1, 0.15) is 28.4 Å². The predicted molar refractivity (Wildman–Crippen MR) is 130 cm³/mol. The summed E-state index contributed by atoms with van der Waals surface area (Å²) >= 11 is 0. The number of para-hydroxylation sites is 1. The van der Waals surface area contributed by atoms with Gasteiger partial charge in [-0.25, -0.2) is 0 Å². The number of benzene rings is 2. The van der Waals surface area contributed by atoms with E-state index in [2.05, 4.69) is 50.3 Å². The first kappa shape index (κ1) is 22.7. The van der Waals surface area contributed by atoms with E-state index in [1.54, 1.807) is 7.05 Å². The van der Waals surface area contributed by atoms with Gasteiger partial charge in [0.1, 0.15) is 0 Å². The van der Waals surface area contributed by atoms with Crippen LogP contribution in [0.4, 0.5) is 0 Å². The molecule has 0 spiro atoms. The molecule has 0 fully saturated rings. The zero-order valence-corrected chi connectivity index (χ0v) is 19.1. The first-order chi connectivity index (χ1) is 13.7. The van der Waals surface area contributed by atoms with Crippen molar-refractivity contribution in [3.8, 4) is 0 Å². The summed E-state index contributed by atoms with van der Waals surface area (Å²) < 4.78 is 0. The van der Waals surface area contributed by atoms with Gasteiger partial charge in [-0.15, -0.1) is 24.0 Å². The zero-order valence-electron chi connectivity index (χ0n) is 16.8. The molecule has 154 valence electrons. The average molecular weight is 505 g/mol. The van der Waals surface area contributed by atoms with E-state index in [1.165, 1.54) is 10.9 Å². The first-order valence-corrected chi connectivity index (χ1v) is 9.58. The number of hydrogen-bond donors (Lipinski definition) is 4. The quantitative estimate of drug-likeness (QED) is 0.226. The largest absolute Gasteiger partial charge is 0.361 e. The van der Waals surface area contributed by atoms with Gasteiger partial charge in [-0.1, -0.05) is 30.3 Å². The molecule has 0 aliphatic rings. The maximum absolute atomic E-state index is 11.8. The van der Waals surface area contributed by atoms with Crippen molar-refractivity contribution >= 4 is 46.7 Å². The molecular weight excluding hydrogens is 477 g/mol. The molecule has 0 unspecified atom stereocenters. The number of nitrogens with one attached hydrogen (secondary N) is 4. The summed E-state index contributed by atoms with van der Waals surface area (Å²) in [5, 5.41) is 10.7. The van der Waals surface area contributed by atoms with Gasteiger partial charge in [0, 0.05) is 49.3 Å². The van der Waals surface area contributed by atoms with Gasteiger partial charge in [-0.05, 0) is 42.7 Å². The van der Waals surface area contributed by atoms with Crippen LogP contribution >= 0.6 is 24.0 Å². The molecule has 0 aliphatic heterocycles. The van der Waals surface area contributed by atoms with E-state index in [9.17, 15) is 4.79 Å². The number of fused-ring (bicyclic) bond motifs is 1. The second-order valence-corrected chi connectivity index (χ2v) is 6.52. The highest BCUT2D eigenvalue weighted by atomic mass is 127. The third-order valence-electron chi connectivity index (χ3n) is 4.60. The number of aliphatic imine (C=N–C) groups is 1. The van der Waals surface area contributed by atoms with Crippen LogP contribution in [0.2, 0.25) is 0 Å². The summed E-state index contributed by atoms with van der Waals surface area (Å²) in [4.78, 5) is 19.4. The van der Waals surface area contributed by atoms with Gasteiger partial charge >= 0.3 is 0 Å². The molecule has 6 nitrogen and oxygen atoms in total. The topological polar surface area (TPSA) is 81.3 Å². The third kappa shape index (κ3) is 6.22. The lowest BCUT2D eigenvalue weighted by molar-refractivity contribution is 0.0956. The Balaban J connectivity index is 0.00000300. The number of aromatic nitrogens is 1. The van der Waals surface area contributed by atoms with E-state index in [0.29, 0.717) is 18.7 Å². The Morgan fingerprint density at radius 1 is 1.03 bits per heavy atom. The smallest absolute Gasteiger partial charge is 0.251 e. The van der Waals surface area contributed by atoms with Gasteiger partial charge < -0.3 is 20.9 Å². The number of rotatable bonds is 7. The molecule has 0 saturated carbocycles. The van der Waals surface area contributed by atoms with Crippen molar-refractivity contribution < 1.29 is 4.79 Å². The molecule has 0 aliphatic carbocycles. The second kappa shape index (κ2) is 11.5. The molecule has 0 saturated heterocycles. The van der Waals surface area contributed by atoms with Crippen LogP contribution in [-0.4, -0.2) is 37.0 Å². The molecule has 7 heteroatoms. The number of amides is 1. The summed E-state index contributed by atoms with van der Waals surface area (Å²) in [6, 6.07) is 15.9. The fourth-order valence-corrected chi connectivity index (χ4v) is 3.10. The monoisotopic (exact) mass is 505 g/mol. The lowest BCUT2D eigenvalue weighted by Crippen LogP contribution is -2.37. The molecule has 0 bridgehead atoms. The van der Waals surface area contributed by atoms with Crippen LogP contribution in [-0.2, 0) is 13.0 Å². The minimum atomic E-state index is -0.0447. The van der Waals surface area contributed by atoms with Gasteiger partial charge in [-0.2, -0.15) is 0 Å². The summed E-state index contributed by atoms with van der Waals surface area (Å²) in [7, 11) is 1.76. The van der Waals surface area contributed by atoms with Crippen molar-refractivity contribution in [2.45, 2.75) is 19.9 Å². The lowest BCUT2D eigenvalue weighted by atomic mass is 10.1. The van der Waals surface area contributed by atoms with E-state index >= 15 is 0 Å². The molecule has 2 aromatic carbocycles. The average Bonchev–Trinajstić information content (AvgIpc) is 3.14. The SMILES string of the molecule is CCNC(=O)c1ccc(CNC(=NC)NCCc2c[nH]c3ccccc23)cc1.I. The Kier molecular flexibility index (Phi) is 8.98. The molecule has 1 amide bonds. The van der Waals surface area contributed by atoms with Crippen molar-refractivity contribution in [1.82, 2.24) is 20.9 Å². The minimum absolute atomic E-state index is 0. The van der Waals surface area contributed by atoms with Gasteiger partial charge in [0.25, 0.3) is 5.91 Å². The number of carbonyl (C=O) groups excluding carboxylic acids is 1. The molecular formula is C22H28IN5O. The minimum Gasteiger partial charge on any atom is -0.361 e. The normalized spacial score (nSPS) is 11.0. The van der Waals surface area contributed by atoms with Crippen LogP contribution < -0.4 is 16.0 Å². The first-order valence-electron chi connectivity index (χ1n) is 9.58. The fraction of sp³-hybridized carbons (Fsp3) is 0.273. The standard InChI is InChI=1S/C22H27N5O.HI/c1-3-24-21(28)17-10-8-16(9-11-17)14-27-22(23-2)25-13-12-18-15-26-20-7-5-4-6-19(18)20;/h4-11,15,26H,3,12-14H2,1-2H3,(H,24,28)(H2,23,25,27);1H. The number of guanidine groups is 1. The Morgan fingerprint density at radius 2 is 1.79 bits per heavy atom. The fourth-order valence-electron chi connectivity index (χ4n) is 3.10. The van der Waals surface area contributed by atoms with E-state index < -0.39 is 0 Å². The maximum Gasteiger partial charge on any atom is 0.251 e. The molecule has 1 aromatic heterocycles. The lowest BCUT2D eigenvalue weighted by Gasteiger charge is -2.12. The van der Waals surface area contributed by atoms with Gasteiger partial charge in [0.05, 0.1) is 0 Å². The predicted octanol–water partition coefficient (Wildman–Crippen LogP) is 3.44. The van der Waals surface area contributed by atoms with Crippen molar-refractivity contribution in [3.63, 3.8) is 0 Å². The molecule has 0 radical (unpaired) electrons. The van der Waals surface area contributed by atoms with E-state index in [4.69, 9.17) is 0 Å². The van der Waals surface area contributed by atoms with Crippen molar-refractivity contribution in [2.75, 3.05) is 20.1 Å². The highest BCUT2D eigenvalue weighted by molar-refractivity contribution is 14.0. The Morgan fingerprint density at radius 3 is 2.52 bits per heavy atom. The van der Waals surface area contributed by atoms with Crippen LogP contribution in [0.3, 0.4) is 0 Å². The van der Waals surface area contributed by atoms with Crippen LogP contribution in [0, 0.1) is 0 Å². The summed E-state index contributed by atoms with van der Waals surface area (Å²) in [6.07, 6.45) is 2.98. The Hall–Kier alpha value is -2.55. The summed E-state index contributed by atoms with van der Waals surface area (Å²) in [6.45, 7) is 3.97. The molecule has 3 rings (SSSR count). The highest BCUT2D eigenvalue weighted by Gasteiger charge is 2.05. The van der Waals surface area contributed by atoms with Crippen LogP contribution in [0.5, 0.6) is 0 Å². The number of halogens is 1. The van der Waals surface area contributed by atoms with Crippen LogP contribution in [0.25, 0.3) is 10.9 Å². The summed E-state index contributed by atoms with van der Waals surface area (Å²) in [5.41, 5.74) is 4.22. The molecule has 0 atom stereocenters. The van der Waals surface area contributed by atoms with E-state index in [1.807, 2.05) is 37.3 Å². The zero-order chi connectivity index (χ0) is 19.8. The Labute approximate surface area is 188 Å². The number of aromatic amines is 1. The number of H-pyrrole nitrogens is 1. The molecule has 4 N–H and O–H groups in total. The van der Waals surface area contributed by atoms with Gasteiger partial charge in [0.2, 0.25) is 0 Å². The van der Waals surface area contributed by atoms with Crippen LogP contribution in [0.15, 0.2) is 59.7 Å². The maximum atomic E-state index is 11.8. The summed E-state index contributed by atoms with van der Waals surface area (Å²) in [5.74, 6) is 0.712. The van der Waals surface area contributed by atoms with Gasteiger partial charge in [-0.3, -0.25) is 9.79 Å². The van der Waals surface area contributed by atoms with Crippen molar-refractivity contribution in [2.24, 2.45) is 4.99 Å². The van der Waals surface area contributed by atoms with Crippen molar-refractivity contribution in [1.29, 1.82) is 0 Å². The number of carbonyl (C=O) groups is 1. The number of hydrogen-bond acceptors (Lipinski definition) is 2. The van der Waals surface area contributed by atoms with Crippen molar-refractivity contribution in [3.05, 3.63) is 71.4 Å². The second-order valence-electron chi connectivity index (χ2n) is 6.52.